The maximum atomic E-state index is 12.3. The van der Waals surface area contributed by atoms with Gasteiger partial charge in [0.15, 0.2) is 0 Å². The Morgan fingerprint density at radius 3 is 2.68 bits per heavy atom. The number of hydrogen-bond acceptors (Lipinski definition) is 9. The summed E-state index contributed by atoms with van der Waals surface area (Å²) in [5.41, 5.74) is 3.16. The van der Waals surface area contributed by atoms with E-state index in [9.17, 15) is 20.0 Å². The number of amides is 1. The minimum atomic E-state index is -0.547. The van der Waals surface area contributed by atoms with E-state index in [4.69, 9.17) is 0 Å². The number of nitro groups is 1. The minimum absolute atomic E-state index is 0.114. The van der Waals surface area contributed by atoms with Crippen molar-refractivity contribution in [2.24, 2.45) is 15.3 Å². The van der Waals surface area contributed by atoms with Gasteiger partial charge in [0.1, 0.15) is 5.75 Å². The van der Waals surface area contributed by atoms with Crippen molar-refractivity contribution < 1.29 is 14.8 Å². The summed E-state index contributed by atoms with van der Waals surface area (Å²) in [6.45, 7) is 0. The summed E-state index contributed by atoms with van der Waals surface area (Å²) >= 11 is 2.61. The molecule has 12 heteroatoms. The number of aromatic nitrogens is 1. The molecule has 2 aromatic carbocycles. The molecule has 0 spiro atoms. The van der Waals surface area contributed by atoms with Gasteiger partial charge in [-0.15, -0.1) is 26.7 Å². The number of phenolic OH excluding ortho intramolecular Hbond substituents is 1. The number of carbonyl (C=O) groups is 1. The van der Waals surface area contributed by atoms with Gasteiger partial charge in [-0.2, -0.15) is 0 Å². The highest BCUT2D eigenvalue weighted by atomic mass is 32.1. The molecule has 4 aromatic rings. The lowest BCUT2D eigenvalue weighted by Gasteiger charge is -2.01. The third kappa shape index (κ3) is 4.76. The van der Waals surface area contributed by atoms with Gasteiger partial charge in [-0.3, -0.25) is 14.9 Å². The Bertz CT molecular complexity index is 1310. The summed E-state index contributed by atoms with van der Waals surface area (Å²) in [7, 11) is 0. The summed E-state index contributed by atoms with van der Waals surface area (Å²) in [4.78, 5) is 27.5. The molecule has 0 aliphatic rings. The second kappa shape index (κ2) is 8.77. The molecule has 0 fully saturated rings. The molecule has 4 rings (SSSR count). The quantitative estimate of drug-likeness (QED) is 0.146. The van der Waals surface area contributed by atoms with Crippen molar-refractivity contribution >= 4 is 55.5 Å². The number of nitro benzene ring substituents is 1. The number of nitrogens with zero attached hydrogens (tertiary/aromatic N) is 5. The van der Waals surface area contributed by atoms with Crippen LogP contribution >= 0.6 is 22.7 Å². The molecule has 154 valence electrons. The molecule has 1 amide bonds. The zero-order valence-electron chi connectivity index (χ0n) is 15.5. The average molecular weight is 452 g/mol. The van der Waals surface area contributed by atoms with Gasteiger partial charge in [0, 0.05) is 17.7 Å². The molecule has 2 aromatic heterocycles. The normalized spacial score (nSPS) is 11.8. The van der Waals surface area contributed by atoms with Gasteiger partial charge in [0.05, 0.1) is 20.0 Å². The Balaban J connectivity index is 1.56. The van der Waals surface area contributed by atoms with Crippen LogP contribution < -0.4 is 5.43 Å². The fourth-order valence-electron chi connectivity index (χ4n) is 2.47. The van der Waals surface area contributed by atoms with Crippen molar-refractivity contribution in [3.05, 3.63) is 80.5 Å². The Labute approximate surface area is 182 Å². The lowest BCUT2D eigenvalue weighted by molar-refractivity contribution is -0.384. The highest BCUT2D eigenvalue weighted by Crippen LogP contribution is 2.30. The van der Waals surface area contributed by atoms with Crippen LogP contribution in [0.3, 0.4) is 0 Å². The van der Waals surface area contributed by atoms with Crippen LogP contribution in [-0.4, -0.2) is 26.8 Å². The SMILES string of the molecule is O=C(N/N=C(/N=Nc1nc2ccc(O)cc2s1)c1cccs1)c1ccc([N+](=O)[O-])cc1. The number of benzene rings is 2. The van der Waals surface area contributed by atoms with Crippen molar-refractivity contribution in [3.63, 3.8) is 0 Å². The molecular formula is C19H12N6O4S2. The highest BCUT2D eigenvalue weighted by Gasteiger charge is 2.11. The number of rotatable bonds is 5. The first kappa shape index (κ1) is 20.3. The molecule has 0 saturated carbocycles. The average Bonchev–Trinajstić information content (AvgIpc) is 3.43. The van der Waals surface area contributed by atoms with Gasteiger partial charge < -0.3 is 5.11 Å². The molecule has 0 aliphatic heterocycles. The zero-order valence-corrected chi connectivity index (χ0v) is 17.1. The van der Waals surface area contributed by atoms with E-state index in [0.717, 1.165) is 4.70 Å². The topological polar surface area (TPSA) is 142 Å². The number of carbonyl (C=O) groups excluding carboxylic acids is 1. The van der Waals surface area contributed by atoms with Crippen LogP contribution in [0.4, 0.5) is 10.8 Å². The molecule has 0 saturated heterocycles. The third-order valence-corrected chi connectivity index (χ3v) is 5.70. The number of thiazole rings is 1. The molecule has 0 atom stereocenters. The van der Waals surface area contributed by atoms with Gasteiger partial charge in [-0.05, 0) is 41.8 Å². The van der Waals surface area contributed by atoms with E-state index in [1.165, 1.54) is 53.0 Å². The molecule has 10 nitrogen and oxygen atoms in total. The monoisotopic (exact) mass is 452 g/mol. The van der Waals surface area contributed by atoms with E-state index in [0.29, 0.717) is 15.5 Å². The third-order valence-electron chi connectivity index (χ3n) is 3.94. The first-order valence-corrected chi connectivity index (χ1v) is 10.4. The second-order valence-electron chi connectivity index (χ2n) is 6.01. The summed E-state index contributed by atoms with van der Waals surface area (Å²) in [5, 5.41) is 34.8. The fraction of sp³-hybridized carbons (Fsp3) is 0. The van der Waals surface area contributed by atoms with Gasteiger partial charge in [0.25, 0.3) is 11.6 Å². The number of hydrazone groups is 1. The second-order valence-corrected chi connectivity index (χ2v) is 7.96. The fourth-order valence-corrected chi connectivity index (χ4v) is 3.94. The summed E-state index contributed by atoms with van der Waals surface area (Å²) in [5.74, 6) is -0.239. The molecular weight excluding hydrogens is 440 g/mol. The first-order chi connectivity index (χ1) is 15.0. The number of azo groups is 1. The number of hydrogen-bond donors (Lipinski definition) is 2. The van der Waals surface area contributed by atoms with Crippen molar-refractivity contribution in [1.82, 2.24) is 10.4 Å². The molecule has 0 unspecified atom stereocenters. The number of fused-ring (bicyclic) bond motifs is 1. The number of phenols is 1. The predicted molar refractivity (Wildman–Crippen MR) is 117 cm³/mol. The van der Waals surface area contributed by atoms with Crippen LogP contribution in [0, 0.1) is 10.1 Å². The maximum Gasteiger partial charge on any atom is 0.271 e. The molecule has 0 radical (unpaired) electrons. The van der Waals surface area contributed by atoms with Crippen LogP contribution in [0.25, 0.3) is 10.2 Å². The van der Waals surface area contributed by atoms with Crippen molar-refractivity contribution in [2.75, 3.05) is 0 Å². The van der Waals surface area contributed by atoms with E-state index in [1.807, 2.05) is 11.4 Å². The number of aromatic hydroxyl groups is 1. The molecule has 0 aliphatic carbocycles. The van der Waals surface area contributed by atoms with Gasteiger partial charge in [0.2, 0.25) is 11.0 Å². The van der Waals surface area contributed by atoms with E-state index < -0.39 is 10.8 Å². The Morgan fingerprint density at radius 2 is 1.97 bits per heavy atom. The van der Waals surface area contributed by atoms with Crippen LogP contribution in [0.15, 0.2) is 75.3 Å². The van der Waals surface area contributed by atoms with Crippen LogP contribution in [0.2, 0.25) is 0 Å². The molecule has 2 N–H and O–H groups in total. The Hall–Kier alpha value is -4.03. The van der Waals surface area contributed by atoms with Gasteiger partial charge in [-0.25, -0.2) is 10.4 Å². The van der Waals surface area contributed by atoms with Crippen molar-refractivity contribution in [3.8, 4) is 5.75 Å². The predicted octanol–water partition coefficient (Wildman–Crippen LogP) is 4.85. The van der Waals surface area contributed by atoms with E-state index >= 15 is 0 Å². The largest absolute Gasteiger partial charge is 0.508 e. The van der Waals surface area contributed by atoms with E-state index in [1.54, 1.807) is 18.2 Å². The van der Waals surface area contributed by atoms with Crippen molar-refractivity contribution in [2.45, 2.75) is 0 Å². The van der Waals surface area contributed by atoms with Gasteiger partial charge in [-0.1, -0.05) is 17.4 Å². The number of nitrogens with one attached hydrogen (secondary N) is 1. The summed E-state index contributed by atoms with van der Waals surface area (Å²) in [6, 6.07) is 13.5. The van der Waals surface area contributed by atoms with Crippen LogP contribution in [0.5, 0.6) is 5.75 Å². The lowest BCUT2D eigenvalue weighted by atomic mass is 10.2. The maximum absolute atomic E-state index is 12.3. The van der Waals surface area contributed by atoms with Crippen LogP contribution in [-0.2, 0) is 0 Å². The number of amidine groups is 1. The molecule has 2 heterocycles. The van der Waals surface area contributed by atoms with E-state index in [2.05, 4.69) is 25.7 Å². The van der Waals surface area contributed by atoms with Crippen LogP contribution in [0.1, 0.15) is 15.2 Å². The standard InChI is InChI=1S/C19H12N6O4S2/c26-13-7-8-14-16(10-13)31-19(20-14)24-22-17(15-2-1-9-30-15)21-23-18(27)11-3-5-12(6-4-11)25(28)29/h1-10,26H,(H,23,27)/b21-17+,24-22?. The summed E-state index contributed by atoms with van der Waals surface area (Å²) < 4.78 is 0.759. The highest BCUT2D eigenvalue weighted by molar-refractivity contribution is 7.21. The first-order valence-electron chi connectivity index (χ1n) is 8.67. The summed E-state index contributed by atoms with van der Waals surface area (Å²) in [6.07, 6.45) is 0. The smallest absolute Gasteiger partial charge is 0.271 e. The minimum Gasteiger partial charge on any atom is -0.508 e. The number of non-ortho nitro benzene ring substituents is 1. The molecule has 0 bridgehead atoms. The Morgan fingerprint density at radius 1 is 1.16 bits per heavy atom. The van der Waals surface area contributed by atoms with Gasteiger partial charge >= 0.3 is 0 Å². The zero-order chi connectivity index (χ0) is 21.8. The lowest BCUT2D eigenvalue weighted by Crippen LogP contribution is -2.19. The number of thiophene rings is 1. The van der Waals surface area contributed by atoms with E-state index in [-0.39, 0.29) is 22.8 Å². The van der Waals surface area contributed by atoms with Crippen molar-refractivity contribution in [1.29, 1.82) is 0 Å². The Kier molecular flexibility index (Phi) is 5.73. The molecule has 31 heavy (non-hydrogen) atoms.